The molecule has 7 heteroatoms. The fourth-order valence-corrected chi connectivity index (χ4v) is 4.69. The molecular weight excluding hydrogens is 407 g/mol. The SMILES string of the molecule is O=c1c2sccc2nc(SCc2ccccc2)n1-c1cccc(Cl)c1Cl. The molecule has 0 atom stereocenters. The summed E-state index contributed by atoms with van der Waals surface area (Å²) in [6.07, 6.45) is 0. The summed E-state index contributed by atoms with van der Waals surface area (Å²) < 4.78 is 2.16. The molecule has 26 heavy (non-hydrogen) atoms. The van der Waals surface area contributed by atoms with Gasteiger partial charge in [-0.1, -0.05) is 71.4 Å². The first-order chi connectivity index (χ1) is 12.6. The van der Waals surface area contributed by atoms with Crippen LogP contribution in [0.4, 0.5) is 0 Å². The Labute approximate surface area is 168 Å². The fraction of sp³-hybridized carbons (Fsp3) is 0.0526. The minimum atomic E-state index is -0.135. The van der Waals surface area contributed by atoms with Gasteiger partial charge < -0.3 is 0 Å². The predicted molar refractivity (Wildman–Crippen MR) is 111 cm³/mol. The van der Waals surface area contributed by atoms with E-state index in [9.17, 15) is 4.79 Å². The molecule has 0 bridgehead atoms. The van der Waals surface area contributed by atoms with Crippen LogP contribution in [0, 0.1) is 0 Å². The van der Waals surface area contributed by atoms with E-state index in [0.29, 0.717) is 36.9 Å². The Balaban J connectivity index is 1.88. The lowest BCUT2D eigenvalue weighted by atomic mass is 10.2. The Bertz CT molecular complexity index is 1140. The van der Waals surface area contributed by atoms with Gasteiger partial charge in [0.2, 0.25) is 0 Å². The highest BCUT2D eigenvalue weighted by Gasteiger charge is 2.17. The number of thiophene rings is 1. The lowest BCUT2D eigenvalue weighted by molar-refractivity contribution is 0.822. The number of rotatable bonds is 4. The van der Waals surface area contributed by atoms with E-state index in [1.807, 2.05) is 41.8 Å². The Morgan fingerprint density at radius 1 is 1.04 bits per heavy atom. The van der Waals surface area contributed by atoms with Crippen LogP contribution in [0.5, 0.6) is 0 Å². The lowest BCUT2D eigenvalue weighted by Crippen LogP contribution is -2.21. The van der Waals surface area contributed by atoms with Gasteiger partial charge in [0.1, 0.15) is 4.70 Å². The normalized spacial score (nSPS) is 11.2. The van der Waals surface area contributed by atoms with Crippen LogP contribution in [-0.4, -0.2) is 9.55 Å². The van der Waals surface area contributed by atoms with Crippen molar-refractivity contribution in [3.05, 3.63) is 85.9 Å². The maximum Gasteiger partial charge on any atom is 0.276 e. The van der Waals surface area contributed by atoms with Crippen LogP contribution in [0.2, 0.25) is 10.0 Å². The minimum absolute atomic E-state index is 0.135. The second kappa shape index (κ2) is 7.45. The first kappa shape index (κ1) is 17.6. The number of hydrogen-bond acceptors (Lipinski definition) is 4. The van der Waals surface area contributed by atoms with Crippen molar-refractivity contribution in [3.8, 4) is 5.69 Å². The molecule has 4 rings (SSSR count). The van der Waals surface area contributed by atoms with E-state index in [0.717, 1.165) is 5.56 Å². The average Bonchev–Trinajstić information content (AvgIpc) is 3.13. The molecule has 0 aliphatic rings. The van der Waals surface area contributed by atoms with Crippen molar-refractivity contribution in [1.82, 2.24) is 9.55 Å². The number of thioether (sulfide) groups is 1. The zero-order valence-corrected chi connectivity index (χ0v) is 16.5. The summed E-state index contributed by atoms with van der Waals surface area (Å²) in [6.45, 7) is 0. The predicted octanol–water partition coefficient (Wildman–Crippen LogP) is 6.05. The molecule has 0 radical (unpaired) electrons. The van der Waals surface area contributed by atoms with Crippen molar-refractivity contribution in [2.75, 3.05) is 0 Å². The summed E-state index contributed by atoms with van der Waals surface area (Å²) in [4.78, 5) is 17.8. The van der Waals surface area contributed by atoms with Crippen LogP contribution in [0.1, 0.15) is 5.56 Å². The minimum Gasteiger partial charge on any atom is -0.267 e. The number of nitrogens with zero attached hydrogens (tertiary/aromatic N) is 2. The topological polar surface area (TPSA) is 34.9 Å². The summed E-state index contributed by atoms with van der Waals surface area (Å²) >= 11 is 15.4. The highest BCUT2D eigenvalue weighted by molar-refractivity contribution is 7.98. The van der Waals surface area contributed by atoms with E-state index in [1.165, 1.54) is 23.1 Å². The third kappa shape index (κ3) is 3.28. The van der Waals surface area contributed by atoms with E-state index in [1.54, 1.807) is 22.8 Å². The molecular formula is C19H12Cl2N2OS2. The van der Waals surface area contributed by atoms with Crippen LogP contribution in [0.15, 0.2) is 69.9 Å². The smallest absolute Gasteiger partial charge is 0.267 e. The van der Waals surface area contributed by atoms with Gasteiger partial charge in [0, 0.05) is 5.75 Å². The molecule has 0 saturated heterocycles. The summed E-state index contributed by atoms with van der Waals surface area (Å²) in [5.41, 5.74) is 2.26. The Morgan fingerprint density at radius 2 is 1.85 bits per heavy atom. The summed E-state index contributed by atoms with van der Waals surface area (Å²) in [6, 6.07) is 17.2. The Morgan fingerprint density at radius 3 is 2.65 bits per heavy atom. The van der Waals surface area contributed by atoms with Crippen molar-refractivity contribution < 1.29 is 0 Å². The van der Waals surface area contributed by atoms with Crippen molar-refractivity contribution in [3.63, 3.8) is 0 Å². The molecule has 3 nitrogen and oxygen atoms in total. The van der Waals surface area contributed by atoms with E-state index in [-0.39, 0.29) is 5.56 Å². The fourth-order valence-electron chi connectivity index (χ4n) is 2.59. The molecule has 0 spiro atoms. The molecule has 0 aliphatic heterocycles. The Hall–Kier alpha value is -1.79. The molecule has 0 fully saturated rings. The standard InChI is InChI=1S/C19H12Cl2N2OS2/c20-13-7-4-8-15(16(13)21)23-18(24)17-14(9-10-25-17)22-19(23)26-11-12-5-2-1-3-6-12/h1-10H,11H2. The molecule has 4 aromatic rings. The van der Waals surface area contributed by atoms with Gasteiger partial charge in [0.05, 0.1) is 21.2 Å². The van der Waals surface area contributed by atoms with Gasteiger partial charge in [-0.15, -0.1) is 11.3 Å². The van der Waals surface area contributed by atoms with Crippen LogP contribution >= 0.6 is 46.3 Å². The van der Waals surface area contributed by atoms with E-state index >= 15 is 0 Å². The largest absolute Gasteiger partial charge is 0.276 e. The molecule has 0 saturated carbocycles. The summed E-state index contributed by atoms with van der Waals surface area (Å²) in [5.74, 6) is 0.696. The van der Waals surface area contributed by atoms with Crippen LogP contribution in [0.3, 0.4) is 0 Å². The zero-order chi connectivity index (χ0) is 18.1. The third-order valence-corrected chi connectivity index (χ3v) is 6.54. The van der Waals surface area contributed by atoms with Crippen molar-refractivity contribution >= 4 is 56.5 Å². The van der Waals surface area contributed by atoms with Gasteiger partial charge in [-0.3, -0.25) is 9.36 Å². The third-order valence-electron chi connectivity index (χ3n) is 3.83. The molecule has 2 aromatic heterocycles. The van der Waals surface area contributed by atoms with E-state index in [4.69, 9.17) is 28.2 Å². The molecule has 0 unspecified atom stereocenters. The number of aromatic nitrogens is 2. The molecule has 2 aromatic carbocycles. The molecule has 0 amide bonds. The number of hydrogen-bond donors (Lipinski definition) is 0. The molecule has 130 valence electrons. The molecule has 0 N–H and O–H groups in total. The highest BCUT2D eigenvalue weighted by atomic mass is 35.5. The van der Waals surface area contributed by atoms with Gasteiger partial charge in [-0.2, -0.15) is 0 Å². The average molecular weight is 419 g/mol. The van der Waals surface area contributed by atoms with Gasteiger partial charge in [0.25, 0.3) is 5.56 Å². The van der Waals surface area contributed by atoms with Crippen LogP contribution in [0.25, 0.3) is 15.9 Å². The first-order valence-electron chi connectivity index (χ1n) is 7.76. The second-order valence-corrected chi connectivity index (χ2v) is 8.16. The molecule has 0 aliphatic carbocycles. The van der Waals surface area contributed by atoms with Gasteiger partial charge in [-0.25, -0.2) is 4.98 Å². The van der Waals surface area contributed by atoms with Gasteiger partial charge in [-0.05, 0) is 29.1 Å². The van der Waals surface area contributed by atoms with Crippen molar-refractivity contribution in [2.24, 2.45) is 0 Å². The summed E-state index contributed by atoms with van der Waals surface area (Å²) in [5, 5.41) is 3.21. The first-order valence-corrected chi connectivity index (χ1v) is 10.4. The number of fused-ring (bicyclic) bond motifs is 1. The zero-order valence-electron chi connectivity index (χ0n) is 13.4. The van der Waals surface area contributed by atoms with Crippen molar-refractivity contribution in [2.45, 2.75) is 10.9 Å². The number of benzene rings is 2. The summed E-state index contributed by atoms with van der Waals surface area (Å²) in [7, 11) is 0. The lowest BCUT2D eigenvalue weighted by Gasteiger charge is -2.14. The van der Waals surface area contributed by atoms with Crippen molar-refractivity contribution in [1.29, 1.82) is 0 Å². The number of halogens is 2. The maximum atomic E-state index is 13.1. The Kier molecular flexibility index (Phi) is 5.05. The van der Waals surface area contributed by atoms with E-state index in [2.05, 4.69) is 0 Å². The van der Waals surface area contributed by atoms with Gasteiger partial charge >= 0.3 is 0 Å². The van der Waals surface area contributed by atoms with Gasteiger partial charge in [0.15, 0.2) is 5.16 Å². The second-order valence-electron chi connectivity index (χ2n) is 5.52. The maximum absolute atomic E-state index is 13.1. The van der Waals surface area contributed by atoms with E-state index < -0.39 is 0 Å². The molecule has 2 heterocycles. The van der Waals surface area contributed by atoms with Crippen LogP contribution < -0.4 is 5.56 Å². The van der Waals surface area contributed by atoms with Crippen LogP contribution in [-0.2, 0) is 5.75 Å². The highest BCUT2D eigenvalue weighted by Crippen LogP contribution is 2.32. The monoisotopic (exact) mass is 418 g/mol. The quantitative estimate of drug-likeness (QED) is 0.299.